The minimum atomic E-state index is -0.603. The van der Waals surface area contributed by atoms with E-state index in [1.54, 1.807) is 12.1 Å². The van der Waals surface area contributed by atoms with Crippen LogP contribution in [0, 0.1) is 10.1 Å². The number of nitro groups is 1. The molecular formula is C9H5Cl2NO3S. The molecule has 0 saturated heterocycles. The summed E-state index contributed by atoms with van der Waals surface area (Å²) in [4.78, 5) is 10.6. The third-order valence-electron chi connectivity index (χ3n) is 1.89. The summed E-state index contributed by atoms with van der Waals surface area (Å²) in [6.07, 6.45) is 0. The third kappa shape index (κ3) is 2.21. The maximum absolute atomic E-state index is 10.4. The predicted molar refractivity (Wildman–Crippen MR) is 62.4 cm³/mol. The van der Waals surface area contributed by atoms with E-state index in [1.807, 2.05) is 0 Å². The highest BCUT2D eigenvalue weighted by molar-refractivity contribution is 7.16. The topological polar surface area (TPSA) is 56.3 Å². The molecule has 2 aromatic heterocycles. The van der Waals surface area contributed by atoms with Crippen LogP contribution in [0.25, 0.3) is 0 Å². The van der Waals surface area contributed by atoms with E-state index in [0.717, 1.165) is 4.88 Å². The zero-order valence-corrected chi connectivity index (χ0v) is 10.1. The summed E-state index contributed by atoms with van der Waals surface area (Å²) >= 11 is 13.2. The fraction of sp³-hybridized carbons (Fsp3) is 0.111. The summed E-state index contributed by atoms with van der Waals surface area (Å²) < 4.78 is 5.62. The van der Waals surface area contributed by atoms with Gasteiger partial charge in [-0.05, 0) is 18.2 Å². The summed E-state index contributed by atoms with van der Waals surface area (Å²) in [5.74, 6) is 0.0233. The molecule has 1 atom stereocenters. The molecule has 0 aliphatic heterocycles. The van der Waals surface area contributed by atoms with E-state index in [2.05, 4.69) is 0 Å². The van der Waals surface area contributed by atoms with E-state index in [0.29, 0.717) is 10.1 Å². The first-order valence-corrected chi connectivity index (χ1v) is 5.84. The van der Waals surface area contributed by atoms with Crippen molar-refractivity contribution in [3.05, 3.63) is 49.4 Å². The maximum atomic E-state index is 10.4. The molecule has 4 nitrogen and oxygen atoms in total. The average Bonchev–Trinajstić information content (AvgIpc) is 2.84. The number of furan rings is 1. The maximum Gasteiger partial charge on any atom is 0.433 e. The Balaban J connectivity index is 2.26. The molecule has 0 saturated carbocycles. The fourth-order valence-electron chi connectivity index (χ4n) is 1.18. The molecule has 0 bridgehead atoms. The molecule has 0 fully saturated rings. The van der Waals surface area contributed by atoms with Crippen molar-refractivity contribution in [2.45, 2.75) is 5.38 Å². The molecule has 0 amide bonds. The predicted octanol–water partition coefficient (Wildman–Crippen LogP) is 4.23. The summed E-state index contributed by atoms with van der Waals surface area (Å²) in [7, 11) is 0. The van der Waals surface area contributed by atoms with Crippen molar-refractivity contribution in [2.75, 3.05) is 0 Å². The Kier molecular flexibility index (Phi) is 3.18. The lowest BCUT2D eigenvalue weighted by molar-refractivity contribution is -0.402. The summed E-state index contributed by atoms with van der Waals surface area (Å²) in [6, 6.07) is 6.25. The van der Waals surface area contributed by atoms with Crippen molar-refractivity contribution >= 4 is 40.4 Å². The molecule has 2 rings (SSSR count). The van der Waals surface area contributed by atoms with Gasteiger partial charge in [-0.2, -0.15) is 0 Å². The van der Waals surface area contributed by atoms with E-state index in [1.165, 1.54) is 23.5 Å². The first-order chi connectivity index (χ1) is 7.58. The molecule has 84 valence electrons. The molecule has 0 aliphatic rings. The van der Waals surface area contributed by atoms with E-state index >= 15 is 0 Å². The molecule has 1 unspecified atom stereocenters. The molecule has 7 heteroatoms. The molecule has 2 aromatic rings. The molecular weight excluding hydrogens is 273 g/mol. The van der Waals surface area contributed by atoms with Crippen LogP contribution >= 0.6 is 34.5 Å². The van der Waals surface area contributed by atoms with Crippen molar-refractivity contribution in [1.82, 2.24) is 0 Å². The van der Waals surface area contributed by atoms with Gasteiger partial charge in [-0.25, -0.2) is 0 Å². The third-order valence-corrected chi connectivity index (χ3v) is 3.76. The number of hydrogen-bond acceptors (Lipinski definition) is 4. The zero-order valence-electron chi connectivity index (χ0n) is 7.72. The van der Waals surface area contributed by atoms with Crippen molar-refractivity contribution < 1.29 is 9.34 Å². The van der Waals surface area contributed by atoms with Crippen LogP contribution in [0.3, 0.4) is 0 Å². The smallest absolute Gasteiger partial charge is 0.404 e. The van der Waals surface area contributed by atoms with Crippen molar-refractivity contribution in [3.8, 4) is 0 Å². The Labute approximate surface area is 105 Å². The lowest BCUT2D eigenvalue weighted by atomic mass is 10.3. The highest BCUT2D eigenvalue weighted by Crippen LogP contribution is 2.37. The van der Waals surface area contributed by atoms with Gasteiger partial charge in [-0.1, -0.05) is 11.6 Å². The van der Waals surface area contributed by atoms with Crippen LogP contribution in [-0.2, 0) is 0 Å². The minimum Gasteiger partial charge on any atom is -0.404 e. The van der Waals surface area contributed by atoms with Crippen molar-refractivity contribution in [2.24, 2.45) is 0 Å². The van der Waals surface area contributed by atoms with Gasteiger partial charge in [-0.3, -0.25) is 10.1 Å². The second kappa shape index (κ2) is 4.45. The highest BCUT2D eigenvalue weighted by Gasteiger charge is 2.20. The Morgan fingerprint density at radius 2 is 2.12 bits per heavy atom. The van der Waals surface area contributed by atoms with Crippen LogP contribution in [0.1, 0.15) is 16.0 Å². The van der Waals surface area contributed by atoms with Crippen LogP contribution in [-0.4, -0.2) is 4.92 Å². The number of thiophene rings is 1. The van der Waals surface area contributed by atoms with Crippen LogP contribution in [0.5, 0.6) is 0 Å². The minimum absolute atomic E-state index is 0.316. The molecule has 0 aromatic carbocycles. The number of rotatable bonds is 3. The van der Waals surface area contributed by atoms with Gasteiger partial charge >= 0.3 is 5.88 Å². The Bertz CT molecular complexity index is 522. The average molecular weight is 278 g/mol. The number of alkyl halides is 1. The first kappa shape index (κ1) is 11.4. The van der Waals surface area contributed by atoms with Gasteiger partial charge < -0.3 is 4.42 Å². The van der Waals surface area contributed by atoms with Crippen LogP contribution < -0.4 is 0 Å². The first-order valence-electron chi connectivity index (χ1n) is 4.21. The van der Waals surface area contributed by atoms with Crippen LogP contribution in [0.4, 0.5) is 5.88 Å². The molecule has 0 spiro atoms. The van der Waals surface area contributed by atoms with Gasteiger partial charge in [0, 0.05) is 4.88 Å². The molecule has 0 N–H and O–H groups in total. The highest BCUT2D eigenvalue weighted by atomic mass is 35.5. The Morgan fingerprint density at radius 3 is 2.62 bits per heavy atom. The van der Waals surface area contributed by atoms with E-state index in [4.69, 9.17) is 27.6 Å². The second-order valence-corrected chi connectivity index (χ2v) is 5.12. The number of hydrogen-bond donors (Lipinski definition) is 0. The molecule has 2 heterocycles. The van der Waals surface area contributed by atoms with Crippen molar-refractivity contribution in [1.29, 1.82) is 0 Å². The lowest BCUT2D eigenvalue weighted by Gasteiger charge is -2.01. The van der Waals surface area contributed by atoms with Gasteiger partial charge in [0.15, 0.2) is 0 Å². The quantitative estimate of drug-likeness (QED) is 0.479. The molecule has 16 heavy (non-hydrogen) atoms. The zero-order chi connectivity index (χ0) is 11.7. The second-order valence-electron chi connectivity index (χ2n) is 2.94. The molecule has 0 radical (unpaired) electrons. The van der Waals surface area contributed by atoms with E-state index in [-0.39, 0.29) is 5.88 Å². The number of halogens is 2. The van der Waals surface area contributed by atoms with Gasteiger partial charge in [0.05, 0.1) is 10.4 Å². The van der Waals surface area contributed by atoms with Gasteiger partial charge in [-0.15, -0.1) is 22.9 Å². The lowest BCUT2D eigenvalue weighted by Crippen LogP contribution is -1.87. The van der Waals surface area contributed by atoms with Gasteiger partial charge in [0.1, 0.15) is 16.1 Å². The summed E-state index contributed by atoms with van der Waals surface area (Å²) in [5, 5.41) is 9.88. The summed E-state index contributed by atoms with van der Waals surface area (Å²) in [6.45, 7) is 0. The van der Waals surface area contributed by atoms with E-state index < -0.39 is 10.3 Å². The standard InChI is InChI=1S/C9H5Cl2NO3S/c10-7-3-2-6(16-7)9(11)5-1-4-8(15-5)12(13)14/h1-4,9H. The normalized spacial score (nSPS) is 12.6. The number of nitrogens with zero attached hydrogens (tertiary/aromatic N) is 1. The van der Waals surface area contributed by atoms with Gasteiger partial charge in [0.2, 0.25) is 0 Å². The summed E-state index contributed by atoms with van der Waals surface area (Å²) in [5.41, 5.74) is 0. The van der Waals surface area contributed by atoms with Crippen molar-refractivity contribution in [3.63, 3.8) is 0 Å². The Hall–Kier alpha value is -1.04. The van der Waals surface area contributed by atoms with Crippen LogP contribution in [0.2, 0.25) is 4.34 Å². The SMILES string of the molecule is O=[N+]([O-])c1ccc(C(Cl)c2ccc(Cl)s2)o1. The van der Waals surface area contributed by atoms with E-state index in [9.17, 15) is 10.1 Å². The largest absolute Gasteiger partial charge is 0.433 e. The van der Waals surface area contributed by atoms with Gasteiger partial charge in [0.25, 0.3) is 0 Å². The Morgan fingerprint density at radius 1 is 1.38 bits per heavy atom. The fourth-order valence-corrected chi connectivity index (χ4v) is 2.55. The molecule has 0 aliphatic carbocycles. The van der Waals surface area contributed by atoms with Crippen LogP contribution in [0.15, 0.2) is 28.7 Å². The monoisotopic (exact) mass is 277 g/mol.